The predicted molar refractivity (Wildman–Crippen MR) is 83.2 cm³/mol. The Labute approximate surface area is 129 Å². The van der Waals surface area contributed by atoms with Gasteiger partial charge in [0.2, 0.25) is 0 Å². The lowest BCUT2D eigenvalue weighted by Gasteiger charge is -2.26. The molecule has 2 aromatic rings. The van der Waals surface area contributed by atoms with E-state index in [1.165, 1.54) is 17.0 Å². The number of nitrogens with two attached hydrogens (primary N) is 1. The first kappa shape index (κ1) is 13.6. The van der Waals surface area contributed by atoms with Gasteiger partial charge in [0.1, 0.15) is 5.82 Å². The molecule has 1 aromatic carbocycles. The van der Waals surface area contributed by atoms with Crippen LogP contribution in [0.2, 0.25) is 0 Å². The van der Waals surface area contributed by atoms with Crippen LogP contribution in [0.3, 0.4) is 0 Å². The largest absolute Gasteiger partial charge is 0.370 e. The monoisotopic (exact) mass is 353 g/mol. The fourth-order valence-corrected chi connectivity index (χ4v) is 3.65. The second-order valence-electron chi connectivity index (χ2n) is 4.59. The Morgan fingerprint density at radius 3 is 3.00 bits per heavy atom. The van der Waals surface area contributed by atoms with Crippen LogP contribution in [0.4, 0.5) is 4.39 Å². The molecule has 2 N–H and O–H groups in total. The molecule has 1 unspecified atom stereocenters. The summed E-state index contributed by atoms with van der Waals surface area (Å²) in [5.74, 6) is 0.289. The van der Waals surface area contributed by atoms with Crippen LogP contribution in [0.15, 0.2) is 45.2 Å². The van der Waals surface area contributed by atoms with Crippen molar-refractivity contribution in [1.29, 1.82) is 0 Å². The van der Waals surface area contributed by atoms with Crippen LogP contribution in [-0.4, -0.2) is 17.4 Å². The van der Waals surface area contributed by atoms with Gasteiger partial charge in [-0.05, 0) is 29.1 Å². The Kier molecular flexibility index (Phi) is 3.76. The summed E-state index contributed by atoms with van der Waals surface area (Å²) in [5, 5.41) is 2.04. The molecule has 0 bridgehead atoms. The van der Waals surface area contributed by atoms with E-state index in [2.05, 4.69) is 31.9 Å². The maximum absolute atomic E-state index is 13.2. The minimum atomic E-state index is -0.252. The highest BCUT2D eigenvalue weighted by molar-refractivity contribution is 9.10. The van der Waals surface area contributed by atoms with Crippen molar-refractivity contribution in [2.24, 2.45) is 10.7 Å². The van der Waals surface area contributed by atoms with Crippen molar-refractivity contribution in [3.63, 3.8) is 0 Å². The van der Waals surface area contributed by atoms with Crippen molar-refractivity contribution in [2.45, 2.75) is 12.6 Å². The average molecular weight is 354 g/mol. The summed E-state index contributed by atoms with van der Waals surface area (Å²) in [6.07, 6.45) is 0. The van der Waals surface area contributed by atoms with Crippen LogP contribution < -0.4 is 5.73 Å². The third kappa shape index (κ3) is 2.58. The predicted octanol–water partition coefficient (Wildman–Crippen LogP) is 3.52. The molecule has 1 aliphatic rings. The third-order valence-corrected chi connectivity index (χ3v) is 4.87. The molecule has 2 heterocycles. The van der Waals surface area contributed by atoms with E-state index >= 15 is 0 Å². The summed E-state index contributed by atoms with van der Waals surface area (Å²) in [6, 6.07) is 8.89. The maximum atomic E-state index is 13.2. The number of hydrogen-bond acceptors (Lipinski definition) is 4. The van der Waals surface area contributed by atoms with Gasteiger partial charge in [0, 0.05) is 9.35 Å². The molecule has 0 aliphatic carbocycles. The number of guanidine groups is 1. The number of rotatable bonds is 3. The normalized spacial score (nSPS) is 18.4. The van der Waals surface area contributed by atoms with Gasteiger partial charge >= 0.3 is 0 Å². The number of nitrogens with zero attached hydrogens (tertiary/aromatic N) is 2. The van der Waals surface area contributed by atoms with Gasteiger partial charge in [-0.1, -0.05) is 28.1 Å². The van der Waals surface area contributed by atoms with Crippen molar-refractivity contribution >= 4 is 33.2 Å². The molecule has 0 amide bonds. The average Bonchev–Trinajstić information content (AvgIpc) is 3.03. The molecular formula is C14H13BrFN3S. The van der Waals surface area contributed by atoms with E-state index in [1.54, 1.807) is 17.4 Å². The fraction of sp³-hybridized carbons (Fsp3) is 0.214. The molecule has 0 fully saturated rings. The smallest absolute Gasteiger partial charge is 0.192 e. The first-order chi connectivity index (χ1) is 9.65. The Bertz CT molecular complexity index is 642. The fourth-order valence-electron chi connectivity index (χ4n) is 2.33. The van der Waals surface area contributed by atoms with Gasteiger partial charge in [-0.25, -0.2) is 4.39 Å². The molecule has 3 nitrogen and oxygen atoms in total. The first-order valence-electron chi connectivity index (χ1n) is 6.19. The molecule has 1 aliphatic heterocycles. The molecule has 0 saturated carbocycles. The van der Waals surface area contributed by atoms with Crippen LogP contribution >= 0.6 is 27.3 Å². The standard InChI is InChI=1S/C14H13BrFN3S/c15-12-6-9(16)3-4-11(12)13-7-18-14(17)19(13)8-10-2-1-5-20-10/h1-6,13H,7-8H2,(H2,17,18). The molecule has 20 heavy (non-hydrogen) atoms. The number of thiophene rings is 1. The number of hydrogen-bond donors (Lipinski definition) is 1. The molecule has 104 valence electrons. The number of aliphatic imine (C=N–C) groups is 1. The summed E-state index contributed by atoms with van der Waals surface area (Å²) >= 11 is 5.12. The Balaban J connectivity index is 1.88. The second kappa shape index (κ2) is 5.54. The number of halogens is 2. The summed E-state index contributed by atoms with van der Waals surface area (Å²) in [7, 11) is 0. The molecule has 0 saturated heterocycles. The van der Waals surface area contributed by atoms with Gasteiger partial charge in [-0.2, -0.15) is 0 Å². The van der Waals surface area contributed by atoms with Crippen molar-refractivity contribution < 1.29 is 4.39 Å². The highest BCUT2D eigenvalue weighted by Gasteiger charge is 2.29. The van der Waals surface area contributed by atoms with Crippen LogP contribution in [0.25, 0.3) is 0 Å². The van der Waals surface area contributed by atoms with Gasteiger partial charge in [0.25, 0.3) is 0 Å². The quantitative estimate of drug-likeness (QED) is 0.916. The van der Waals surface area contributed by atoms with Gasteiger partial charge in [-0.15, -0.1) is 11.3 Å². The topological polar surface area (TPSA) is 41.6 Å². The molecule has 1 atom stereocenters. The van der Waals surface area contributed by atoms with Gasteiger partial charge in [0.15, 0.2) is 5.96 Å². The van der Waals surface area contributed by atoms with E-state index in [0.717, 1.165) is 16.6 Å². The zero-order chi connectivity index (χ0) is 14.1. The summed E-state index contributed by atoms with van der Waals surface area (Å²) in [4.78, 5) is 7.62. The molecule has 6 heteroatoms. The van der Waals surface area contributed by atoms with Crippen LogP contribution in [-0.2, 0) is 6.54 Å². The lowest BCUT2D eigenvalue weighted by molar-refractivity contribution is 0.342. The zero-order valence-electron chi connectivity index (χ0n) is 10.6. The second-order valence-corrected chi connectivity index (χ2v) is 6.47. The van der Waals surface area contributed by atoms with E-state index < -0.39 is 0 Å². The highest BCUT2D eigenvalue weighted by Crippen LogP contribution is 2.33. The van der Waals surface area contributed by atoms with E-state index in [9.17, 15) is 4.39 Å². The molecule has 3 rings (SSSR count). The Hall–Kier alpha value is -1.40. The van der Waals surface area contributed by atoms with Crippen molar-refractivity contribution in [2.75, 3.05) is 6.54 Å². The summed E-state index contributed by atoms with van der Waals surface area (Å²) in [6.45, 7) is 1.32. The Morgan fingerprint density at radius 2 is 2.30 bits per heavy atom. The van der Waals surface area contributed by atoms with Crippen molar-refractivity contribution in [1.82, 2.24) is 4.90 Å². The third-order valence-electron chi connectivity index (χ3n) is 3.32. The molecule has 0 spiro atoms. The number of benzene rings is 1. The SMILES string of the molecule is NC1=NCC(c2ccc(F)cc2Br)N1Cc1cccs1. The lowest BCUT2D eigenvalue weighted by atomic mass is 10.1. The van der Waals surface area contributed by atoms with Crippen LogP contribution in [0.1, 0.15) is 16.5 Å². The summed E-state index contributed by atoms with van der Waals surface area (Å²) < 4.78 is 14.0. The maximum Gasteiger partial charge on any atom is 0.192 e. The molecule has 0 radical (unpaired) electrons. The van der Waals surface area contributed by atoms with Crippen LogP contribution in [0, 0.1) is 5.82 Å². The van der Waals surface area contributed by atoms with Crippen LogP contribution in [0.5, 0.6) is 0 Å². The summed E-state index contributed by atoms with van der Waals surface area (Å²) in [5.41, 5.74) is 7.00. The highest BCUT2D eigenvalue weighted by atomic mass is 79.9. The van der Waals surface area contributed by atoms with Crippen molar-refractivity contribution in [3.05, 3.63) is 56.4 Å². The molecular weight excluding hydrogens is 341 g/mol. The minimum Gasteiger partial charge on any atom is -0.370 e. The first-order valence-corrected chi connectivity index (χ1v) is 7.86. The van der Waals surface area contributed by atoms with E-state index in [0.29, 0.717) is 12.5 Å². The molecule has 1 aromatic heterocycles. The van der Waals surface area contributed by atoms with Gasteiger partial charge < -0.3 is 10.6 Å². The zero-order valence-corrected chi connectivity index (χ0v) is 13.0. The minimum absolute atomic E-state index is 0.0482. The van der Waals surface area contributed by atoms with E-state index in [-0.39, 0.29) is 11.9 Å². The van der Waals surface area contributed by atoms with Crippen molar-refractivity contribution in [3.8, 4) is 0 Å². The lowest BCUT2D eigenvalue weighted by Crippen LogP contribution is -2.35. The van der Waals surface area contributed by atoms with Gasteiger partial charge in [-0.3, -0.25) is 4.99 Å². The van der Waals surface area contributed by atoms with Gasteiger partial charge in [0.05, 0.1) is 19.1 Å². The van der Waals surface area contributed by atoms with E-state index in [4.69, 9.17) is 5.73 Å². The van der Waals surface area contributed by atoms with E-state index in [1.807, 2.05) is 11.4 Å². The Morgan fingerprint density at radius 1 is 1.45 bits per heavy atom.